The highest BCUT2D eigenvalue weighted by molar-refractivity contribution is 7.99. The van der Waals surface area contributed by atoms with Crippen molar-refractivity contribution < 1.29 is 9.59 Å². The topological polar surface area (TPSA) is 88.9 Å². The lowest BCUT2D eigenvalue weighted by Gasteiger charge is -2.15. The minimum Gasteiger partial charge on any atom is -0.342 e. The van der Waals surface area contributed by atoms with Gasteiger partial charge in [-0.1, -0.05) is 53.2 Å². The van der Waals surface area contributed by atoms with E-state index in [1.165, 1.54) is 11.8 Å². The number of carbonyl (C=O) groups excluding carboxylic acids is 2. The highest BCUT2D eigenvalue weighted by atomic mass is 35.5. The van der Waals surface area contributed by atoms with Crippen LogP contribution in [0.1, 0.15) is 41.6 Å². The van der Waals surface area contributed by atoms with Gasteiger partial charge in [0, 0.05) is 17.3 Å². The van der Waals surface area contributed by atoms with Gasteiger partial charge in [-0.2, -0.15) is 0 Å². The Morgan fingerprint density at radius 3 is 2.53 bits per heavy atom. The molecule has 2 aromatic carbocycles. The minimum absolute atomic E-state index is 0.157. The van der Waals surface area contributed by atoms with Crippen molar-refractivity contribution in [1.29, 1.82) is 0 Å². The Balaban J connectivity index is 1.65. The zero-order chi connectivity index (χ0) is 23.3. The molecule has 0 unspecified atom stereocenters. The SMILES string of the molecule is CCn1c(SCC(=O)Nc2cccc(Cl)c2C)nnc1[C@@H](C)NC(=O)c1ccccc1Cl. The van der Waals surface area contributed by atoms with E-state index in [0.717, 1.165) is 5.56 Å². The Labute approximate surface area is 200 Å². The summed E-state index contributed by atoms with van der Waals surface area (Å²) in [5.41, 5.74) is 1.89. The number of thioether (sulfide) groups is 1. The number of carbonyl (C=O) groups is 2. The largest absolute Gasteiger partial charge is 0.342 e. The van der Waals surface area contributed by atoms with E-state index in [0.29, 0.717) is 38.8 Å². The molecule has 1 atom stereocenters. The van der Waals surface area contributed by atoms with E-state index in [-0.39, 0.29) is 17.6 Å². The molecular formula is C22H23Cl2N5O2S. The van der Waals surface area contributed by atoms with Crippen molar-refractivity contribution in [3.05, 3.63) is 69.5 Å². The standard InChI is InChI=1S/C22H23Cl2N5O2S/c1-4-29-20(14(3)25-21(31)15-8-5-6-9-17(15)24)27-28-22(29)32-12-19(30)26-18-11-7-10-16(23)13(18)2/h5-11,14H,4,12H2,1-3H3,(H,25,31)(H,26,30)/t14-/m1/s1. The predicted octanol–water partition coefficient (Wildman–Crippen LogP) is 5.14. The molecule has 0 aliphatic carbocycles. The molecule has 7 nitrogen and oxygen atoms in total. The van der Waals surface area contributed by atoms with E-state index in [9.17, 15) is 9.59 Å². The third kappa shape index (κ3) is 5.62. The van der Waals surface area contributed by atoms with Gasteiger partial charge in [0.2, 0.25) is 5.91 Å². The van der Waals surface area contributed by atoms with Crippen LogP contribution in [0.25, 0.3) is 0 Å². The molecule has 2 amide bonds. The van der Waals surface area contributed by atoms with Crippen molar-refractivity contribution in [1.82, 2.24) is 20.1 Å². The molecule has 0 saturated heterocycles. The zero-order valence-electron chi connectivity index (χ0n) is 17.9. The van der Waals surface area contributed by atoms with Crippen LogP contribution in [0.15, 0.2) is 47.6 Å². The predicted molar refractivity (Wildman–Crippen MR) is 129 cm³/mol. The number of anilines is 1. The van der Waals surface area contributed by atoms with Crippen LogP contribution in [0, 0.1) is 6.92 Å². The zero-order valence-corrected chi connectivity index (χ0v) is 20.2. The summed E-state index contributed by atoms with van der Waals surface area (Å²) in [6.45, 7) is 6.22. The van der Waals surface area contributed by atoms with E-state index >= 15 is 0 Å². The van der Waals surface area contributed by atoms with E-state index in [4.69, 9.17) is 23.2 Å². The fourth-order valence-corrected chi connectivity index (χ4v) is 4.27. The molecule has 0 bridgehead atoms. The maximum atomic E-state index is 12.6. The van der Waals surface area contributed by atoms with Crippen molar-refractivity contribution in [3.63, 3.8) is 0 Å². The molecule has 0 saturated carbocycles. The van der Waals surface area contributed by atoms with Crippen LogP contribution in [0.3, 0.4) is 0 Å². The summed E-state index contributed by atoms with van der Waals surface area (Å²) in [4.78, 5) is 25.0. The van der Waals surface area contributed by atoms with Crippen LogP contribution in [0.4, 0.5) is 5.69 Å². The fourth-order valence-electron chi connectivity index (χ4n) is 3.07. The van der Waals surface area contributed by atoms with Gasteiger partial charge in [-0.05, 0) is 50.6 Å². The average molecular weight is 492 g/mol. The molecule has 0 spiro atoms. The first-order valence-electron chi connectivity index (χ1n) is 9.98. The Bertz CT molecular complexity index is 1140. The first kappa shape index (κ1) is 24.1. The quantitative estimate of drug-likeness (QED) is 0.426. The number of benzene rings is 2. The van der Waals surface area contributed by atoms with Gasteiger partial charge in [-0.15, -0.1) is 10.2 Å². The highest BCUT2D eigenvalue weighted by Crippen LogP contribution is 2.25. The number of nitrogens with one attached hydrogen (secondary N) is 2. The summed E-state index contributed by atoms with van der Waals surface area (Å²) in [5.74, 6) is 0.290. The van der Waals surface area contributed by atoms with Gasteiger partial charge in [0.05, 0.1) is 22.4 Å². The van der Waals surface area contributed by atoms with Gasteiger partial charge in [0.1, 0.15) is 0 Å². The van der Waals surface area contributed by atoms with E-state index in [1.54, 1.807) is 42.5 Å². The monoisotopic (exact) mass is 491 g/mol. The Hall–Kier alpha value is -2.55. The van der Waals surface area contributed by atoms with Crippen molar-refractivity contribution in [2.45, 2.75) is 38.5 Å². The Morgan fingerprint density at radius 1 is 1.09 bits per heavy atom. The molecule has 0 aliphatic heterocycles. The lowest BCUT2D eigenvalue weighted by Crippen LogP contribution is -2.29. The molecule has 168 valence electrons. The van der Waals surface area contributed by atoms with Crippen LogP contribution in [0.5, 0.6) is 0 Å². The second-order valence-electron chi connectivity index (χ2n) is 7.01. The lowest BCUT2D eigenvalue weighted by atomic mass is 10.2. The number of amides is 2. The number of rotatable bonds is 8. The molecule has 32 heavy (non-hydrogen) atoms. The van der Waals surface area contributed by atoms with Crippen molar-refractivity contribution in [3.8, 4) is 0 Å². The normalized spacial score (nSPS) is 11.8. The van der Waals surface area contributed by atoms with Gasteiger partial charge in [0.25, 0.3) is 5.91 Å². The van der Waals surface area contributed by atoms with Crippen LogP contribution in [-0.2, 0) is 11.3 Å². The number of halogens is 2. The second-order valence-corrected chi connectivity index (χ2v) is 8.77. The summed E-state index contributed by atoms with van der Waals surface area (Å²) in [7, 11) is 0. The molecular weight excluding hydrogens is 469 g/mol. The minimum atomic E-state index is -0.400. The molecule has 10 heteroatoms. The first-order valence-corrected chi connectivity index (χ1v) is 11.7. The second kappa shape index (κ2) is 10.8. The Morgan fingerprint density at radius 2 is 1.81 bits per heavy atom. The number of hydrogen-bond acceptors (Lipinski definition) is 5. The molecule has 1 heterocycles. The van der Waals surface area contributed by atoms with E-state index < -0.39 is 6.04 Å². The molecule has 1 aromatic heterocycles. The molecule has 3 rings (SSSR count). The van der Waals surface area contributed by atoms with Crippen molar-refractivity contribution in [2.24, 2.45) is 0 Å². The molecule has 3 aromatic rings. The molecule has 0 radical (unpaired) electrons. The van der Waals surface area contributed by atoms with Crippen LogP contribution >= 0.6 is 35.0 Å². The van der Waals surface area contributed by atoms with Crippen molar-refractivity contribution >= 4 is 52.5 Å². The van der Waals surface area contributed by atoms with Gasteiger partial charge < -0.3 is 15.2 Å². The molecule has 0 fully saturated rings. The van der Waals surface area contributed by atoms with Crippen LogP contribution in [-0.4, -0.2) is 32.3 Å². The molecule has 0 aliphatic rings. The van der Waals surface area contributed by atoms with E-state index in [1.807, 2.05) is 25.3 Å². The maximum Gasteiger partial charge on any atom is 0.253 e. The molecule has 2 N–H and O–H groups in total. The average Bonchev–Trinajstić information content (AvgIpc) is 3.19. The fraction of sp³-hybridized carbons (Fsp3) is 0.273. The smallest absolute Gasteiger partial charge is 0.253 e. The highest BCUT2D eigenvalue weighted by Gasteiger charge is 2.21. The lowest BCUT2D eigenvalue weighted by molar-refractivity contribution is -0.113. The maximum absolute atomic E-state index is 12.6. The number of nitrogens with zero attached hydrogens (tertiary/aromatic N) is 3. The van der Waals surface area contributed by atoms with Crippen LogP contribution < -0.4 is 10.6 Å². The number of hydrogen-bond donors (Lipinski definition) is 2. The van der Waals surface area contributed by atoms with Crippen molar-refractivity contribution in [2.75, 3.05) is 11.1 Å². The van der Waals surface area contributed by atoms with Crippen LogP contribution in [0.2, 0.25) is 10.0 Å². The first-order chi connectivity index (χ1) is 15.3. The van der Waals surface area contributed by atoms with Gasteiger partial charge in [-0.25, -0.2) is 0 Å². The van der Waals surface area contributed by atoms with Gasteiger partial charge in [0.15, 0.2) is 11.0 Å². The third-order valence-electron chi connectivity index (χ3n) is 4.79. The Kier molecular flexibility index (Phi) is 8.17. The summed E-state index contributed by atoms with van der Waals surface area (Å²) in [5, 5.41) is 15.8. The van der Waals surface area contributed by atoms with Gasteiger partial charge in [-0.3, -0.25) is 9.59 Å². The third-order valence-corrected chi connectivity index (χ3v) is 6.50. The summed E-state index contributed by atoms with van der Waals surface area (Å²) in [6.07, 6.45) is 0. The summed E-state index contributed by atoms with van der Waals surface area (Å²) in [6, 6.07) is 11.8. The summed E-state index contributed by atoms with van der Waals surface area (Å²) < 4.78 is 1.88. The summed E-state index contributed by atoms with van der Waals surface area (Å²) >= 11 is 13.5. The number of aromatic nitrogens is 3. The van der Waals surface area contributed by atoms with E-state index in [2.05, 4.69) is 20.8 Å². The van der Waals surface area contributed by atoms with Gasteiger partial charge >= 0.3 is 0 Å².